The van der Waals surface area contributed by atoms with Crippen LogP contribution in [-0.4, -0.2) is 19.3 Å². The smallest absolute Gasteiger partial charge is 0.509 e. The molecule has 0 unspecified atom stereocenters. The van der Waals surface area contributed by atoms with Crippen LogP contribution in [0.25, 0.3) is 44.4 Å². The van der Waals surface area contributed by atoms with Crippen LogP contribution in [0.15, 0.2) is 79.0 Å². The minimum absolute atomic E-state index is 0. The van der Waals surface area contributed by atoms with E-state index in [2.05, 4.69) is 157 Å². The van der Waals surface area contributed by atoms with Crippen LogP contribution in [-0.2, 0) is 38.7 Å². The average molecular weight is 821 g/mol. The van der Waals surface area contributed by atoms with Gasteiger partial charge in [-0.25, -0.2) is 4.98 Å². The number of unbranched alkanes of at least 4 members (excludes halogenated alkanes) is 1. The van der Waals surface area contributed by atoms with Crippen LogP contribution in [0, 0.1) is 45.7 Å². The summed E-state index contributed by atoms with van der Waals surface area (Å²) in [5, 5.41) is 7.54. The van der Waals surface area contributed by atoms with Gasteiger partial charge in [-0.2, -0.15) is 11.2 Å². The average Bonchev–Trinajstić information content (AvgIpc) is 3.62. The minimum atomic E-state index is -0.135. The van der Waals surface area contributed by atoms with Gasteiger partial charge in [0.05, 0.1) is 5.69 Å². The number of aryl methyl sites for hydroxylation is 5. The molecule has 4 aromatic carbocycles. The largest absolute Gasteiger partial charge is 2.00 e. The van der Waals surface area contributed by atoms with E-state index in [4.69, 9.17) is 14.8 Å². The summed E-state index contributed by atoms with van der Waals surface area (Å²) in [5.41, 5.74) is 13.8. The molecule has 0 spiro atoms. The van der Waals surface area contributed by atoms with Crippen LogP contribution >= 0.6 is 0 Å². The summed E-state index contributed by atoms with van der Waals surface area (Å²) in [5.74, 6) is 2.72. The SMILES string of the molecule is CCCCc1ccnc(-n2c3[c-]c(Oc4[c-]c(-n5nc(C)c(-c6c(C)cc(C)cc6C)c5CCC(C)C)cc(C(C)(C)C)c4)ccc3c3ccccc32)c1.[Pd+2]. The first kappa shape index (κ1) is 40.2. The van der Waals surface area contributed by atoms with Crippen molar-refractivity contribution < 1.29 is 25.2 Å². The molecule has 0 radical (unpaired) electrons. The van der Waals surface area contributed by atoms with Crippen molar-refractivity contribution in [2.45, 2.75) is 107 Å². The van der Waals surface area contributed by atoms with Gasteiger partial charge in [-0.15, -0.1) is 41.3 Å². The third-order valence-electron chi connectivity index (χ3n) is 10.6. The van der Waals surface area contributed by atoms with Gasteiger partial charge in [0, 0.05) is 34.5 Å². The van der Waals surface area contributed by atoms with Crippen LogP contribution in [0.1, 0.15) is 100 Å². The van der Waals surface area contributed by atoms with Crippen molar-refractivity contribution in [1.29, 1.82) is 0 Å². The first-order valence-corrected chi connectivity index (χ1v) is 19.7. The number of aromatic nitrogens is 4. The number of pyridine rings is 1. The molecule has 0 saturated carbocycles. The number of nitrogens with zero attached hydrogens (tertiary/aromatic N) is 4. The Morgan fingerprint density at radius 1 is 0.800 bits per heavy atom. The fraction of sp³-hybridized carbons (Fsp3) is 0.347. The molecule has 5 nitrogen and oxygen atoms in total. The quantitative estimate of drug-likeness (QED) is 0.0964. The molecule has 0 bridgehead atoms. The zero-order valence-electron chi connectivity index (χ0n) is 34.1. The van der Waals surface area contributed by atoms with Gasteiger partial charge < -0.3 is 9.30 Å². The Labute approximate surface area is 341 Å². The monoisotopic (exact) mass is 820 g/mol. The van der Waals surface area contributed by atoms with E-state index in [1.165, 1.54) is 39.1 Å². The first-order valence-electron chi connectivity index (χ1n) is 19.7. The van der Waals surface area contributed by atoms with Crippen molar-refractivity contribution in [3.8, 4) is 34.1 Å². The maximum absolute atomic E-state index is 6.77. The van der Waals surface area contributed by atoms with E-state index in [9.17, 15) is 0 Å². The summed E-state index contributed by atoms with van der Waals surface area (Å²) in [7, 11) is 0. The molecule has 0 atom stereocenters. The Hall–Kier alpha value is -4.50. The van der Waals surface area contributed by atoms with Crippen molar-refractivity contribution in [2.75, 3.05) is 0 Å². The topological polar surface area (TPSA) is 44.9 Å². The van der Waals surface area contributed by atoms with Gasteiger partial charge in [0.2, 0.25) is 0 Å². The number of fused-ring (bicyclic) bond motifs is 3. The molecule has 286 valence electrons. The Morgan fingerprint density at radius 2 is 1.55 bits per heavy atom. The molecule has 3 aromatic heterocycles. The third-order valence-corrected chi connectivity index (χ3v) is 10.6. The van der Waals surface area contributed by atoms with E-state index in [1.807, 2.05) is 12.3 Å². The molecule has 0 aliphatic rings. The van der Waals surface area contributed by atoms with Gasteiger partial charge in [0.15, 0.2) is 0 Å². The summed E-state index contributed by atoms with van der Waals surface area (Å²) >= 11 is 0. The third kappa shape index (κ3) is 8.23. The molecule has 7 aromatic rings. The number of hydrogen-bond acceptors (Lipinski definition) is 3. The summed E-state index contributed by atoms with van der Waals surface area (Å²) in [6.45, 7) is 22.3. The Morgan fingerprint density at radius 3 is 2.25 bits per heavy atom. The minimum Gasteiger partial charge on any atom is -0.509 e. The summed E-state index contributed by atoms with van der Waals surface area (Å²) in [6.07, 6.45) is 7.23. The van der Waals surface area contributed by atoms with E-state index in [0.717, 1.165) is 76.7 Å². The number of benzene rings is 4. The van der Waals surface area contributed by atoms with Crippen LogP contribution < -0.4 is 4.74 Å². The number of ether oxygens (including phenoxy) is 1. The second-order valence-electron chi connectivity index (χ2n) is 16.6. The molecule has 6 heteroatoms. The predicted octanol–water partition coefficient (Wildman–Crippen LogP) is 12.9. The maximum atomic E-state index is 6.77. The fourth-order valence-electron chi connectivity index (χ4n) is 7.87. The molecule has 0 N–H and O–H groups in total. The van der Waals surface area contributed by atoms with Crippen molar-refractivity contribution in [3.63, 3.8) is 0 Å². The molecule has 0 aliphatic heterocycles. The normalized spacial score (nSPS) is 11.8. The van der Waals surface area contributed by atoms with E-state index in [0.29, 0.717) is 17.4 Å². The second-order valence-corrected chi connectivity index (χ2v) is 16.6. The van der Waals surface area contributed by atoms with Crippen molar-refractivity contribution in [2.24, 2.45) is 5.92 Å². The first-order chi connectivity index (χ1) is 25.8. The predicted molar refractivity (Wildman–Crippen MR) is 225 cm³/mol. The molecule has 0 aliphatic carbocycles. The summed E-state index contributed by atoms with van der Waals surface area (Å²) < 4.78 is 11.1. The number of para-hydroxylation sites is 1. The second kappa shape index (κ2) is 16.3. The maximum Gasteiger partial charge on any atom is 2.00 e. The van der Waals surface area contributed by atoms with E-state index < -0.39 is 0 Å². The zero-order valence-corrected chi connectivity index (χ0v) is 35.7. The number of hydrogen-bond donors (Lipinski definition) is 0. The molecule has 55 heavy (non-hydrogen) atoms. The van der Waals surface area contributed by atoms with Gasteiger partial charge >= 0.3 is 20.4 Å². The summed E-state index contributed by atoms with van der Waals surface area (Å²) in [6, 6.07) is 33.3. The Kier molecular flexibility index (Phi) is 11.9. The van der Waals surface area contributed by atoms with Crippen molar-refractivity contribution in [1.82, 2.24) is 19.3 Å². The van der Waals surface area contributed by atoms with E-state index in [-0.39, 0.29) is 25.8 Å². The van der Waals surface area contributed by atoms with Crippen LogP contribution in [0.2, 0.25) is 0 Å². The zero-order chi connectivity index (χ0) is 38.3. The Bertz CT molecular complexity index is 2450. The molecule has 0 amide bonds. The molecule has 0 saturated heterocycles. The standard InChI is InChI=1S/C49H54N4O.Pd/c1-11-12-15-36-22-23-50-46(26-36)52-43-17-14-13-16-41(43)42-20-19-39(30-45(42)52)54-40-28-37(49(8,9)10)27-38(29-40)53-44(21-18-31(2)3)48(35(7)51-53)47-33(5)24-32(4)25-34(47)6;/h13-14,16-17,19-20,22-28,31H,11-12,15,18,21H2,1-10H3;/q-2;+2. The van der Waals surface area contributed by atoms with Gasteiger partial charge in [0.25, 0.3) is 0 Å². The molecular formula is C49H54N4OPd. The van der Waals surface area contributed by atoms with E-state index >= 15 is 0 Å². The van der Waals surface area contributed by atoms with Crippen molar-refractivity contribution >= 4 is 21.8 Å². The van der Waals surface area contributed by atoms with Crippen LogP contribution in [0.5, 0.6) is 11.5 Å². The van der Waals surface area contributed by atoms with Gasteiger partial charge in [-0.05, 0) is 116 Å². The van der Waals surface area contributed by atoms with E-state index in [1.54, 1.807) is 0 Å². The van der Waals surface area contributed by atoms with Crippen LogP contribution in [0.3, 0.4) is 0 Å². The van der Waals surface area contributed by atoms with Crippen LogP contribution in [0.4, 0.5) is 0 Å². The van der Waals surface area contributed by atoms with Gasteiger partial charge in [0.1, 0.15) is 5.82 Å². The van der Waals surface area contributed by atoms with Gasteiger partial charge in [-0.1, -0.05) is 89.4 Å². The molecule has 3 heterocycles. The molecular weight excluding hydrogens is 767 g/mol. The molecule has 7 rings (SSSR count). The Balaban J connectivity index is 0.00000514. The van der Waals surface area contributed by atoms with Gasteiger partial charge in [-0.3, -0.25) is 4.68 Å². The molecule has 0 fully saturated rings. The summed E-state index contributed by atoms with van der Waals surface area (Å²) in [4.78, 5) is 4.85. The number of rotatable bonds is 11. The fourth-order valence-corrected chi connectivity index (χ4v) is 7.87. The van der Waals surface area contributed by atoms with Crippen molar-refractivity contribution in [3.05, 3.63) is 130 Å².